The summed E-state index contributed by atoms with van der Waals surface area (Å²) < 4.78 is 11.0. The van der Waals surface area contributed by atoms with E-state index in [-0.39, 0.29) is 11.9 Å². The molecule has 1 aromatic heterocycles. The van der Waals surface area contributed by atoms with Crippen LogP contribution in [0.2, 0.25) is 0 Å². The molecule has 1 aliphatic rings. The Hall–Kier alpha value is -1.73. The Morgan fingerprint density at radius 2 is 1.87 bits per heavy atom. The summed E-state index contributed by atoms with van der Waals surface area (Å²) in [5.74, 6) is 0.953. The Morgan fingerprint density at radius 3 is 2.57 bits per heavy atom. The fraction of sp³-hybridized carbons (Fsp3) is 0.429. The second-order valence-corrected chi connectivity index (χ2v) is 7.39. The van der Waals surface area contributed by atoms with E-state index >= 15 is 0 Å². The van der Waals surface area contributed by atoms with Gasteiger partial charge in [0, 0.05) is 38.1 Å². The first-order valence-electron chi connectivity index (χ1n) is 7.38. The third-order valence-electron chi connectivity index (χ3n) is 3.98. The Bertz CT molecular complexity index is 743. The van der Waals surface area contributed by atoms with Gasteiger partial charge in [0.05, 0.1) is 11.7 Å². The van der Waals surface area contributed by atoms with Crippen molar-refractivity contribution in [3.05, 3.63) is 24.5 Å². The molecule has 23 heavy (non-hydrogen) atoms. The van der Waals surface area contributed by atoms with Gasteiger partial charge in [0.1, 0.15) is 17.9 Å². The fourth-order valence-corrected chi connectivity index (χ4v) is 3.28. The smallest absolute Gasteiger partial charge is 0.326 e. The first-order valence-corrected chi connectivity index (χ1v) is 9.18. The molecule has 3 rings (SSSR count). The molecule has 1 aromatic carbocycles. The number of phenols is 1. The second kappa shape index (κ2) is 6.41. The molecule has 0 radical (unpaired) electrons. The van der Waals surface area contributed by atoms with Crippen molar-refractivity contribution in [1.29, 1.82) is 0 Å². The summed E-state index contributed by atoms with van der Waals surface area (Å²) in [4.78, 5) is 30.6. The number of aromatic nitrogens is 2. The number of piperazine rings is 1. The molecule has 1 saturated heterocycles. The molecule has 0 saturated carbocycles. The van der Waals surface area contributed by atoms with Gasteiger partial charge in [0.2, 0.25) is 0 Å². The molecule has 0 aliphatic carbocycles. The number of aromatic hydroxyl groups is 1. The van der Waals surface area contributed by atoms with E-state index < -0.39 is 7.60 Å². The number of rotatable bonds is 4. The molecule has 1 aliphatic heterocycles. The minimum Gasteiger partial charge on any atom is -0.508 e. The van der Waals surface area contributed by atoms with E-state index in [9.17, 15) is 9.67 Å². The standard InChI is InChI=1S/C14H19N4O4P/c19-11-1-2-13-12(9-11)14(16-10-15-13)18-5-3-17(4-6-18)7-8-23(20,21)22/h1-2,9-10,19H,3-8H2,(H2,20,21,22). The number of hydrogen-bond donors (Lipinski definition) is 3. The van der Waals surface area contributed by atoms with E-state index in [0.29, 0.717) is 32.7 Å². The molecular weight excluding hydrogens is 319 g/mol. The van der Waals surface area contributed by atoms with E-state index in [1.807, 2.05) is 4.90 Å². The van der Waals surface area contributed by atoms with Crippen molar-refractivity contribution in [3.8, 4) is 5.75 Å². The third-order valence-corrected chi connectivity index (χ3v) is 4.76. The average molecular weight is 338 g/mol. The van der Waals surface area contributed by atoms with Gasteiger partial charge in [-0.3, -0.25) is 9.46 Å². The van der Waals surface area contributed by atoms with Crippen LogP contribution >= 0.6 is 7.60 Å². The summed E-state index contributed by atoms with van der Waals surface area (Å²) in [6, 6.07) is 5.01. The highest BCUT2D eigenvalue weighted by atomic mass is 31.2. The SMILES string of the molecule is O=P(O)(O)CCN1CCN(c2ncnc3ccc(O)cc23)CC1. The molecule has 3 N–H and O–H groups in total. The van der Waals surface area contributed by atoms with Gasteiger partial charge in [-0.05, 0) is 18.2 Å². The molecule has 124 valence electrons. The van der Waals surface area contributed by atoms with Crippen molar-refractivity contribution < 1.29 is 19.5 Å². The molecule has 1 fully saturated rings. The lowest BCUT2D eigenvalue weighted by Gasteiger charge is -2.35. The monoisotopic (exact) mass is 338 g/mol. The first kappa shape index (κ1) is 16.1. The van der Waals surface area contributed by atoms with Crippen molar-refractivity contribution in [1.82, 2.24) is 14.9 Å². The van der Waals surface area contributed by atoms with Gasteiger partial charge >= 0.3 is 7.60 Å². The second-order valence-electron chi connectivity index (χ2n) is 5.62. The lowest BCUT2D eigenvalue weighted by atomic mass is 10.2. The number of hydrogen-bond acceptors (Lipinski definition) is 6. The molecule has 0 spiro atoms. The van der Waals surface area contributed by atoms with Crippen molar-refractivity contribution in [3.63, 3.8) is 0 Å². The molecule has 0 unspecified atom stereocenters. The van der Waals surface area contributed by atoms with Crippen LogP contribution in [0.25, 0.3) is 10.9 Å². The van der Waals surface area contributed by atoms with Crippen LogP contribution in [-0.2, 0) is 4.57 Å². The van der Waals surface area contributed by atoms with Gasteiger partial charge in [0.25, 0.3) is 0 Å². The minimum absolute atomic E-state index is 0.114. The zero-order chi connectivity index (χ0) is 16.4. The number of phenolic OH excluding ortho intramolecular Hbond substituents is 1. The zero-order valence-electron chi connectivity index (χ0n) is 12.5. The molecule has 0 bridgehead atoms. The van der Waals surface area contributed by atoms with Crippen LogP contribution < -0.4 is 4.90 Å². The third kappa shape index (κ3) is 3.97. The van der Waals surface area contributed by atoms with Crippen LogP contribution in [0, 0.1) is 0 Å². The van der Waals surface area contributed by atoms with Crippen molar-refractivity contribution in [2.24, 2.45) is 0 Å². The van der Waals surface area contributed by atoms with Gasteiger partial charge in [0.15, 0.2) is 0 Å². The Kier molecular flexibility index (Phi) is 4.50. The normalized spacial score (nSPS) is 16.9. The summed E-state index contributed by atoms with van der Waals surface area (Å²) in [6.45, 7) is 3.24. The van der Waals surface area contributed by atoms with E-state index in [4.69, 9.17) is 9.79 Å². The van der Waals surface area contributed by atoms with E-state index in [2.05, 4.69) is 14.9 Å². The van der Waals surface area contributed by atoms with Gasteiger partial charge in [-0.15, -0.1) is 0 Å². The van der Waals surface area contributed by atoms with Crippen LogP contribution in [0.1, 0.15) is 0 Å². The maximum atomic E-state index is 11.0. The minimum atomic E-state index is -3.95. The van der Waals surface area contributed by atoms with Crippen LogP contribution in [0.5, 0.6) is 5.75 Å². The van der Waals surface area contributed by atoms with Crippen molar-refractivity contribution >= 4 is 24.3 Å². The highest BCUT2D eigenvalue weighted by Crippen LogP contribution is 2.34. The number of nitrogens with zero attached hydrogens (tertiary/aromatic N) is 4. The molecule has 2 heterocycles. The summed E-state index contributed by atoms with van der Waals surface area (Å²) in [5.41, 5.74) is 0.775. The molecule has 8 nitrogen and oxygen atoms in total. The molecule has 2 aromatic rings. The average Bonchev–Trinajstić information content (AvgIpc) is 2.52. The summed E-state index contributed by atoms with van der Waals surface area (Å²) in [7, 11) is -3.95. The maximum absolute atomic E-state index is 11.0. The van der Waals surface area contributed by atoms with Crippen LogP contribution in [0.4, 0.5) is 5.82 Å². The highest BCUT2D eigenvalue weighted by molar-refractivity contribution is 7.51. The number of benzene rings is 1. The number of fused-ring (bicyclic) bond motifs is 1. The Balaban J connectivity index is 1.71. The summed E-state index contributed by atoms with van der Waals surface area (Å²) >= 11 is 0. The van der Waals surface area contributed by atoms with Crippen LogP contribution in [-0.4, -0.2) is 68.6 Å². The Morgan fingerprint density at radius 1 is 1.13 bits per heavy atom. The maximum Gasteiger partial charge on any atom is 0.326 e. The fourth-order valence-electron chi connectivity index (χ4n) is 2.74. The molecule has 9 heteroatoms. The van der Waals surface area contributed by atoms with E-state index in [0.717, 1.165) is 16.7 Å². The summed E-state index contributed by atoms with van der Waals surface area (Å²) in [5, 5.41) is 10.5. The summed E-state index contributed by atoms with van der Waals surface area (Å²) in [6.07, 6.45) is 1.40. The van der Waals surface area contributed by atoms with E-state index in [1.165, 1.54) is 6.33 Å². The zero-order valence-corrected chi connectivity index (χ0v) is 13.4. The highest BCUT2D eigenvalue weighted by Gasteiger charge is 2.22. The first-order chi connectivity index (χ1) is 10.9. The molecule has 0 amide bonds. The molecular formula is C14H19N4O4P. The van der Waals surface area contributed by atoms with Gasteiger partial charge in [-0.25, -0.2) is 9.97 Å². The van der Waals surface area contributed by atoms with Crippen molar-refractivity contribution in [2.75, 3.05) is 43.8 Å². The van der Waals surface area contributed by atoms with E-state index in [1.54, 1.807) is 18.2 Å². The predicted octanol–water partition coefficient (Wildman–Crippen LogP) is 0.635. The molecule has 0 atom stereocenters. The van der Waals surface area contributed by atoms with Gasteiger partial charge in [-0.1, -0.05) is 0 Å². The largest absolute Gasteiger partial charge is 0.508 e. The topological polar surface area (TPSA) is 110 Å². The predicted molar refractivity (Wildman–Crippen MR) is 86.8 cm³/mol. The lowest BCUT2D eigenvalue weighted by molar-refractivity contribution is 0.264. The quantitative estimate of drug-likeness (QED) is 0.697. The Labute approximate surface area is 133 Å². The number of anilines is 1. The van der Waals surface area contributed by atoms with Gasteiger partial charge in [-0.2, -0.15) is 0 Å². The van der Waals surface area contributed by atoms with Gasteiger partial charge < -0.3 is 19.8 Å². The van der Waals surface area contributed by atoms with Crippen LogP contribution in [0.15, 0.2) is 24.5 Å². The van der Waals surface area contributed by atoms with Crippen molar-refractivity contribution in [2.45, 2.75) is 0 Å². The van der Waals surface area contributed by atoms with Crippen LogP contribution in [0.3, 0.4) is 0 Å². The lowest BCUT2D eigenvalue weighted by Crippen LogP contribution is -2.47.